The van der Waals surface area contributed by atoms with Crippen LogP contribution in [0.5, 0.6) is 0 Å². The first-order chi connectivity index (χ1) is 9.76. The predicted molar refractivity (Wildman–Crippen MR) is 91.6 cm³/mol. The number of halogens is 1. The maximum Gasteiger partial charge on any atom is 0.0463 e. The molecule has 2 unspecified atom stereocenters. The molecule has 0 bridgehead atoms. The Hall–Kier alpha value is -1.08. The maximum absolute atomic E-state index is 3.91. The van der Waals surface area contributed by atoms with Crippen LogP contribution in [0.1, 0.15) is 54.1 Å². The Labute approximate surface area is 131 Å². The molecule has 0 amide bonds. The second kappa shape index (κ2) is 7.64. The molecule has 2 atom stereocenters. The van der Waals surface area contributed by atoms with Gasteiger partial charge in [-0.25, -0.2) is 0 Å². The molecule has 0 aliphatic rings. The fraction of sp³-hybridized carbons (Fsp3) is 0.368. The van der Waals surface area contributed by atoms with Crippen molar-refractivity contribution in [1.82, 2.24) is 0 Å². The molecule has 2 aromatic carbocycles. The summed E-state index contributed by atoms with van der Waals surface area (Å²) in [6, 6.07) is 19.9. The lowest BCUT2D eigenvalue weighted by atomic mass is 9.89. The standard InChI is InChI=1S/C19H23Br/c1-3-8-15-11-13-17(14-12-15)19(20)18(4-2)16-9-6-5-7-10-16/h5-7,9-14,18-19H,3-4,8H2,1-2H3. The van der Waals surface area contributed by atoms with Crippen molar-refractivity contribution in [2.24, 2.45) is 0 Å². The van der Waals surface area contributed by atoms with Gasteiger partial charge in [-0.15, -0.1) is 0 Å². The summed E-state index contributed by atoms with van der Waals surface area (Å²) in [4.78, 5) is 0.380. The van der Waals surface area contributed by atoms with E-state index in [-0.39, 0.29) is 0 Å². The molecular formula is C19H23Br. The zero-order valence-corrected chi connectivity index (χ0v) is 13.9. The summed E-state index contributed by atoms with van der Waals surface area (Å²) < 4.78 is 0. The van der Waals surface area contributed by atoms with E-state index in [1.807, 2.05) is 0 Å². The van der Waals surface area contributed by atoms with Gasteiger partial charge in [-0.1, -0.05) is 90.8 Å². The summed E-state index contributed by atoms with van der Waals surface area (Å²) in [5, 5.41) is 0. The zero-order valence-electron chi connectivity index (χ0n) is 12.4. The lowest BCUT2D eigenvalue weighted by Crippen LogP contribution is -2.05. The second-order valence-electron chi connectivity index (χ2n) is 5.32. The monoisotopic (exact) mass is 330 g/mol. The van der Waals surface area contributed by atoms with Gasteiger partial charge in [0.25, 0.3) is 0 Å². The highest BCUT2D eigenvalue weighted by Crippen LogP contribution is 2.40. The molecule has 106 valence electrons. The van der Waals surface area contributed by atoms with E-state index in [0.717, 1.165) is 6.42 Å². The van der Waals surface area contributed by atoms with Crippen LogP contribution in [0.2, 0.25) is 0 Å². The van der Waals surface area contributed by atoms with Gasteiger partial charge in [0.05, 0.1) is 0 Å². The third-order valence-electron chi connectivity index (χ3n) is 3.86. The molecular weight excluding hydrogens is 308 g/mol. The highest BCUT2D eigenvalue weighted by Gasteiger charge is 2.20. The van der Waals surface area contributed by atoms with E-state index in [9.17, 15) is 0 Å². The number of rotatable bonds is 6. The van der Waals surface area contributed by atoms with E-state index in [2.05, 4.69) is 84.4 Å². The smallest absolute Gasteiger partial charge is 0.0463 e. The highest BCUT2D eigenvalue weighted by molar-refractivity contribution is 9.09. The van der Waals surface area contributed by atoms with Crippen molar-refractivity contribution in [1.29, 1.82) is 0 Å². The van der Waals surface area contributed by atoms with Gasteiger partial charge in [-0.2, -0.15) is 0 Å². The Morgan fingerprint density at radius 2 is 1.50 bits per heavy atom. The van der Waals surface area contributed by atoms with E-state index in [1.54, 1.807) is 0 Å². The molecule has 20 heavy (non-hydrogen) atoms. The number of alkyl halides is 1. The SMILES string of the molecule is CCCc1ccc(C(Br)C(CC)c2ccccc2)cc1. The molecule has 0 spiro atoms. The zero-order chi connectivity index (χ0) is 14.4. The first-order valence-corrected chi connectivity index (χ1v) is 8.45. The van der Waals surface area contributed by atoms with Crippen LogP contribution in [0, 0.1) is 0 Å². The van der Waals surface area contributed by atoms with Gasteiger partial charge in [0.2, 0.25) is 0 Å². The van der Waals surface area contributed by atoms with Crippen molar-refractivity contribution in [2.45, 2.75) is 43.9 Å². The summed E-state index contributed by atoms with van der Waals surface area (Å²) in [6.45, 7) is 4.49. The van der Waals surface area contributed by atoms with Crippen molar-refractivity contribution < 1.29 is 0 Å². The molecule has 0 saturated heterocycles. The minimum absolute atomic E-state index is 0.380. The van der Waals surface area contributed by atoms with Crippen LogP contribution in [0.15, 0.2) is 54.6 Å². The molecule has 0 nitrogen and oxygen atoms in total. The fourth-order valence-electron chi connectivity index (χ4n) is 2.70. The van der Waals surface area contributed by atoms with E-state index in [1.165, 1.54) is 29.5 Å². The van der Waals surface area contributed by atoms with E-state index < -0.39 is 0 Å². The molecule has 0 aliphatic carbocycles. The Kier molecular flexibility index (Phi) is 5.85. The second-order valence-corrected chi connectivity index (χ2v) is 6.31. The Bertz CT molecular complexity index is 501. The lowest BCUT2D eigenvalue weighted by Gasteiger charge is -2.22. The molecule has 0 aliphatic heterocycles. The molecule has 0 N–H and O–H groups in total. The molecule has 1 heteroatoms. The van der Waals surface area contributed by atoms with Crippen molar-refractivity contribution in [3.63, 3.8) is 0 Å². The van der Waals surface area contributed by atoms with Crippen LogP contribution >= 0.6 is 15.9 Å². The lowest BCUT2D eigenvalue weighted by molar-refractivity contribution is 0.655. The summed E-state index contributed by atoms with van der Waals surface area (Å²) in [5.41, 5.74) is 4.22. The fourth-order valence-corrected chi connectivity index (χ4v) is 3.69. The van der Waals surface area contributed by atoms with Crippen LogP contribution in [-0.2, 0) is 6.42 Å². The number of hydrogen-bond acceptors (Lipinski definition) is 0. The molecule has 2 aromatic rings. The average Bonchev–Trinajstić information content (AvgIpc) is 2.50. The van der Waals surface area contributed by atoms with Crippen LogP contribution in [0.25, 0.3) is 0 Å². The molecule has 0 aromatic heterocycles. The summed E-state index contributed by atoms with van der Waals surface area (Å²) in [5.74, 6) is 0.522. The van der Waals surface area contributed by atoms with Gasteiger partial charge in [0.15, 0.2) is 0 Å². The minimum atomic E-state index is 0.380. The van der Waals surface area contributed by atoms with Crippen molar-refractivity contribution in [3.8, 4) is 0 Å². The van der Waals surface area contributed by atoms with Gasteiger partial charge in [0.1, 0.15) is 0 Å². The van der Waals surface area contributed by atoms with E-state index in [4.69, 9.17) is 0 Å². The van der Waals surface area contributed by atoms with Gasteiger partial charge in [0, 0.05) is 10.7 Å². The third kappa shape index (κ3) is 3.73. The van der Waals surface area contributed by atoms with E-state index in [0.29, 0.717) is 10.7 Å². The molecule has 0 radical (unpaired) electrons. The largest absolute Gasteiger partial charge is 0.0832 e. The van der Waals surface area contributed by atoms with Gasteiger partial charge >= 0.3 is 0 Å². The van der Waals surface area contributed by atoms with Crippen LogP contribution in [0.4, 0.5) is 0 Å². The summed E-state index contributed by atoms with van der Waals surface area (Å²) in [6.07, 6.45) is 3.51. The van der Waals surface area contributed by atoms with Crippen LogP contribution < -0.4 is 0 Å². The average molecular weight is 331 g/mol. The van der Waals surface area contributed by atoms with Gasteiger partial charge in [-0.3, -0.25) is 0 Å². The predicted octanol–water partition coefficient (Wildman–Crippen LogP) is 6.27. The molecule has 0 saturated carbocycles. The minimum Gasteiger partial charge on any atom is -0.0832 e. The van der Waals surface area contributed by atoms with Gasteiger partial charge in [-0.05, 0) is 29.5 Å². The third-order valence-corrected chi connectivity index (χ3v) is 5.02. The first kappa shape index (κ1) is 15.3. The molecule has 0 heterocycles. The first-order valence-electron chi connectivity index (χ1n) is 7.54. The Morgan fingerprint density at radius 3 is 2.05 bits per heavy atom. The van der Waals surface area contributed by atoms with Crippen molar-refractivity contribution in [2.75, 3.05) is 0 Å². The van der Waals surface area contributed by atoms with Crippen LogP contribution in [-0.4, -0.2) is 0 Å². The van der Waals surface area contributed by atoms with Crippen molar-refractivity contribution >= 4 is 15.9 Å². The van der Waals surface area contributed by atoms with Crippen molar-refractivity contribution in [3.05, 3.63) is 71.3 Å². The molecule has 0 fully saturated rings. The number of hydrogen-bond donors (Lipinski definition) is 0. The topological polar surface area (TPSA) is 0 Å². The Balaban J connectivity index is 2.18. The van der Waals surface area contributed by atoms with E-state index >= 15 is 0 Å². The number of aryl methyl sites for hydroxylation is 1. The number of benzene rings is 2. The highest BCUT2D eigenvalue weighted by atomic mass is 79.9. The summed E-state index contributed by atoms with van der Waals surface area (Å²) in [7, 11) is 0. The maximum atomic E-state index is 3.91. The quantitative estimate of drug-likeness (QED) is 0.547. The summed E-state index contributed by atoms with van der Waals surface area (Å²) >= 11 is 3.91. The van der Waals surface area contributed by atoms with Gasteiger partial charge < -0.3 is 0 Å². The normalized spacial score (nSPS) is 13.9. The van der Waals surface area contributed by atoms with Crippen LogP contribution in [0.3, 0.4) is 0 Å². The Morgan fingerprint density at radius 1 is 0.850 bits per heavy atom. The molecule has 2 rings (SSSR count).